The van der Waals surface area contributed by atoms with Crippen molar-refractivity contribution in [3.63, 3.8) is 0 Å². The topological polar surface area (TPSA) is 55.6 Å². The van der Waals surface area contributed by atoms with Crippen LogP contribution in [0.4, 0.5) is 14.5 Å². The molecule has 1 aliphatic carbocycles. The smallest absolute Gasteiger partial charge is 0.261 e. The fourth-order valence-corrected chi connectivity index (χ4v) is 2.17. The average Bonchev–Trinajstić information content (AvgIpc) is 3.25. The molecule has 4 nitrogen and oxygen atoms in total. The van der Waals surface area contributed by atoms with E-state index >= 15 is 0 Å². The Balaban J connectivity index is 1.85. The Morgan fingerprint density at radius 2 is 2.19 bits per heavy atom. The van der Waals surface area contributed by atoms with Gasteiger partial charge in [-0.25, -0.2) is 8.78 Å². The molecule has 1 aromatic rings. The Morgan fingerprint density at radius 1 is 1.43 bits per heavy atom. The first-order valence-corrected chi connectivity index (χ1v) is 7.06. The van der Waals surface area contributed by atoms with Crippen LogP contribution in [-0.4, -0.2) is 36.5 Å². The number of halogens is 2. The summed E-state index contributed by atoms with van der Waals surface area (Å²) in [6.07, 6.45) is -0.379. The number of rotatable bonds is 8. The maximum atomic E-state index is 12.2. The number of hydrogen-bond acceptors (Lipinski definition) is 3. The minimum absolute atomic E-state index is 0.0311. The lowest BCUT2D eigenvalue weighted by atomic mass is 10.2. The lowest BCUT2D eigenvalue weighted by Crippen LogP contribution is -2.33. The van der Waals surface area contributed by atoms with E-state index < -0.39 is 13.0 Å². The summed E-state index contributed by atoms with van der Waals surface area (Å²) >= 11 is 0. The van der Waals surface area contributed by atoms with E-state index in [1.165, 1.54) is 0 Å². The molecule has 0 spiro atoms. The highest BCUT2D eigenvalue weighted by molar-refractivity contribution is 5.77. The lowest BCUT2D eigenvalue weighted by molar-refractivity contribution is -0.134. The summed E-state index contributed by atoms with van der Waals surface area (Å²) in [5.74, 6) is -0.0609. The van der Waals surface area contributed by atoms with E-state index in [2.05, 4.69) is 0 Å². The summed E-state index contributed by atoms with van der Waals surface area (Å²) in [6, 6.07) is 7.67. The minimum atomic E-state index is -2.49. The van der Waals surface area contributed by atoms with Gasteiger partial charge in [-0.15, -0.1) is 0 Å². The van der Waals surface area contributed by atoms with Gasteiger partial charge < -0.3 is 15.4 Å². The molecule has 0 saturated heterocycles. The van der Waals surface area contributed by atoms with Crippen LogP contribution in [0.2, 0.25) is 0 Å². The first kappa shape index (κ1) is 15.7. The fourth-order valence-electron chi connectivity index (χ4n) is 2.17. The van der Waals surface area contributed by atoms with Gasteiger partial charge in [0.1, 0.15) is 6.61 Å². The van der Waals surface area contributed by atoms with E-state index in [4.69, 9.17) is 10.5 Å². The molecule has 1 aromatic carbocycles. The van der Waals surface area contributed by atoms with E-state index in [-0.39, 0.29) is 25.0 Å². The SMILES string of the molecule is Nc1cccc(CN(C(=O)CCOCC(F)F)C2CC2)c1. The Bertz CT molecular complexity index is 478. The molecular formula is C15H20F2N2O2. The van der Waals surface area contributed by atoms with Crippen LogP contribution < -0.4 is 5.73 Å². The van der Waals surface area contributed by atoms with Gasteiger partial charge in [-0.1, -0.05) is 12.1 Å². The number of alkyl halides is 2. The second-order valence-corrected chi connectivity index (χ2v) is 5.21. The molecular weight excluding hydrogens is 278 g/mol. The number of ether oxygens (including phenoxy) is 1. The van der Waals surface area contributed by atoms with Crippen molar-refractivity contribution in [2.75, 3.05) is 18.9 Å². The van der Waals surface area contributed by atoms with E-state index in [1.807, 2.05) is 18.2 Å². The highest BCUT2D eigenvalue weighted by Gasteiger charge is 2.32. The minimum Gasteiger partial charge on any atom is -0.399 e. The maximum absolute atomic E-state index is 12.2. The first-order valence-electron chi connectivity index (χ1n) is 7.06. The van der Waals surface area contributed by atoms with Crippen molar-refractivity contribution in [2.24, 2.45) is 0 Å². The van der Waals surface area contributed by atoms with Crippen molar-refractivity contribution in [1.29, 1.82) is 0 Å². The number of carbonyl (C=O) groups excluding carboxylic acids is 1. The van der Waals surface area contributed by atoms with Crippen LogP contribution >= 0.6 is 0 Å². The summed E-state index contributed by atoms with van der Waals surface area (Å²) in [6.45, 7) is -0.0847. The molecule has 2 rings (SSSR count). The zero-order valence-electron chi connectivity index (χ0n) is 11.8. The van der Waals surface area contributed by atoms with E-state index in [0.29, 0.717) is 12.2 Å². The third-order valence-corrected chi connectivity index (χ3v) is 3.32. The number of benzene rings is 1. The molecule has 2 N–H and O–H groups in total. The Labute approximate surface area is 122 Å². The standard InChI is InChI=1S/C15H20F2N2O2/c16-14(17)10-21-7-6-15(20)19(13-4-5-13)9-11-2-1-3-12(18)8-11/h1-3,8,13-14H,4-7,9-10,18H2. The third-order valence-electron chi connectivity index (χ3n) is 3.32. The molecule has 1 saturated carbocycles. The van der Waals surface area contributed by atoms with E-state index in [9.17, 15) is 13.6 Å². The molecule has 0 radical (unpaired) electrons. The Morgan fingerprint density at radius 3 is 2.81 bits per heavy atom. The second kappa shape index (κ2) is 7.36. The predicted molar refractivity (Wildman–Crippen MR) is 75.9 cm³/mol. The van der Waals surface area contributed by atoms with Gasteiger partial charge >= 0.3 is 0 Å². The number of nitrogen functional groups attached to an aromatic ring is 1. The summed E-state index contributed by atoms with van der Waals surface area (Å²) in [7, 11) is 0. The van der Waals surface area contributed by atoms with Gasteiger partial charge in [0.05, 0.1) is 13.0 Å². The molecule has 0 aliphatic heterocycles. The van der Waals surface area contributed by atoms with Crippen LogP contribution in [0, 0.1) is 0 Å². The van der Waals surface area contributed by atoms with Crippen molar-refractivity contribution in [3.05, 3.63) is 29.8 Å². The molecule has 21 heavy (non-hydrogen) atoms. The van der Waals surface area contributed by atoms with Crippen molar-refractivity contribution in [1.82, 2.24) is 4.90 Å². The number of nitrogens with zero attached hydrogens (tertiary/aromatic N) is 1. The molecule has 116 valence electrons. The molecule has 1 aliphatic rings. The first-order chi connectivity index (χ1) is 10.1. The molecule has 0 aromatic heterocycles. The van der Waals surface area contributed by atoms with Crippen LogP contribution in [0.1, 0.15) is 24.8 Å². The van der Waals surface area contributed by atoms with Crippen molar-refractivity contribution in [2.45, 2.75) is 38.3 Å². The van der Waals surface area contributed by atoms with Gasteiger partial charge in [0, 0.05) is 18.3 Å². The van der Waals surface area contributed by atoms with Crippen LogP contribution in [-0.2, 0) is 16.1 Å². The van der Waals surface area contributed by atoms with Crippen molar-refractivity contribution < 1.29 is 18.3 Å². The van der Waals surface area contributed by atoms with Crippen LogP contribution in [0.3, 0.4) is 0 Å². The zero-order chi connectivity index (χ0) is 15.2. The highest BCUT2D eigenvalue weighted by Crippen LogP contribution is 2.29. The Kier molecular flexibility index (Phi) is 5.50. The quantitative estimate of drug-likeness (QED) is 0.592. The molecule has 6 heteroatoms. The highest BCUT2D eigenvalue weighted by atomic mass is 19.3. The van der Waals surface area contributed by atoms with E-state index in [1.54, 1.807) is 11.0 Å². The number of carbonyl (C=O) groups is 1. The number of nitrogens with two attached hydrogens (primary N) is 1. The Hall–Kier alpha value is -1.69. The van der Waals surface area contributed by atoms with Crippen LogP contribution in [0.15, 0.2) is 24.3 Å². The van der Waals surface area contributed by atoms with Crippen molar-refractivity contribution >= 4 is 11.6 Å². The van der Waals surface area contributed by atoms with Gasteiger partial charge in [0.2, 0.25) is 5.91 Å². The van der Waals surface area contributed by atoms with Crippen LogP contribution in [0.25, 0.3) is 0 Å². The number of hydrogen-bond donors (Lipinski definition) is 1. The van der Waals surface area contributed by atoms with Gasteiger partial charge in [0.25, 0.3) is 6.43 Å². The van der Waals surface area contributed by atoms with Crippen LogP contribution in [0.5, 0.6) is 0 Å². The van der Waals surface area contributed by atoms with Crippen molar-refractivity contribution in [3.8, 4) is 0 Å². The second-order valence-electron chi connectivity index (χ2n) is 5.21. The third kappa shape index (κ3) is 5.30. The molecule has 1 amide bonds. The average molecular weight is 298 g/mol. The van der Waals surface area contributed by atoms with Gasteiger partial charge in [-0.05, 0) is 30.5 Å². The monoisotopic (exact) mass is 298 g/mol. The number of amides is 1. The summed E-state index contributed by atoms with van der Waals surface area (Å²) in [5.41, 5.74) is 7.37. The zero-order valence-corrected chi connectivity index (χ0v) is 11.8. The largest absolute Gasteiger partial charge is 0.399 e. The number of anilines is 1. The molecule has 0 atom stereocenters. The summed E-state index contributed by atoms with van der Waals surface area (Å²) in [4.78, 5) is 14.0. The maximum Gasteiger partial charge on any atom is 0.261 e. The van der Waals surface area contributed by atoms with Gasteiger partial charge in [-0.2, -0.15) is 0 Å². The summed E-state index contributed by atoms with van der Waals surface area (Å²) < 4.78 is 28.7. The predicted octanol–water partition coefficient (Wildman–Crippen LogP) is 2.43. The fraction of sp³-hybridized carbons (Fsp3) is 0.533. The normalized spacial score (nSPS) is 14.4. The van der Waals surface area contributed by atoms with Gasteiger partial charge in [-0.3, -0.25) is 4.79 Å². The summed E-state index contributed by atoms with van der Waals surface area (Å²) in [5, 5.41) is 0. The molecule has 1 fully saturated rings. The van der Waals surface area contributed by atoms with Gasteiger partial charge in [0.15, 0.2) is 0 Å². The molecule has 0 unspecified atom stereocenters. The lowest BCUT2D eigenvalue weighted by Gasteiger charge is -2.23. The molecule has 0 bridgehead atoms. The molecule has 0 heterocycles. The van der Waals surface area contributed by atoms with E-state index in [0.717, 1.165) is 18.4 Å².